The molecule has 1 heterocycles. The second-order valence-corrected chi connectivity index (χ2v) is 4.90. The van der Waals surface area contributed by atoms with E-state index in [1.807, 2.05) is 30.1 Å². The van der Waals surface area contributed by atoms with Crippen molar-refractivity contribution in [2.45, 2.75) is 25.9 Å². The Morgan fingerprint density at radius 1 is 1.43 bits per heavy atom. The zero-order valence-corrected chi connectivity index (χ0v) is 12.0. The van der Waals surface area contributed by atoms with Crippen LogP contribution in [0.5, 0.6) is 0 Å². The number of hydrogen-bond donors (Lipinski definition) is 1. The maximum absolute atomic E-state index is 13.3. The van der Waals surface area contributed by atoms with Crippen molar-refractivity contribution in [3.63, 3.8) is 0 Å². The summed E-state index contributed by atoms with van der Waals surface area (Å²) in [7, 11) is 1.89. The standard InChI is InChI=1S/C15H18FN3O2/c1-3-14(17-2)11-6-7-18(9-11)10-12-8-13(16)4-5-15(12)19(20)21/h4-9,14,17H,3,10H2,1-2H3. The van der Waals surface area contributed by atoms with E-state index in [0.29, 0.717) is 5.56 Å². The fraction of sp³-hybridized carbons (Fsp3) is 0.333. The Labute approximate surface area is 122 Å². The van der Waals surface area contributed by atoms with Crippen molar-refractivity contribution >= 4 is 5.69 Å². The zero-order valence-electron chi connectivity index (χ0n) is 12.0. The van der Waals surface area contributed by atoms with Gasteiger partial charge in [-0.25, -0.2) is 4.39 Å². The highest BCUT2D eigenvalue weighted by molar-refractivity contribution is 5.40. The number of hydrogen-bond acceptors (Lipinski definition) is 3. The third-order valence-corrected chi connectivity index (χ3v) is 3.52. The molecule has 112 valence electrons. The van der Waals surface area contributed by atoms with E-state index < -0.39 is 10.7 Å². The number of nitro benzene ring substituents is 1. The van der Waals surface area contributed by atoms with E-state index in [-0.39, 0.29) is 18.3 Å². The summed E-state index contributed by atoms with van der Waals surface area (Å²) in [5, 5.41) is 14.2. The maximum atomic E-state index is 13.3. The molecule has 5 nitrogen and oxygen atoms in total. The molecule has 0 radical (unpaired) electrons. The first-order valence-corrected chi connectivity index (χ1v) is 6.81. The molecule has 1 aromatic carbocycles. The molecule has 0 bridgehead atoms. The van der Waals surface area contributed by atoms with Crippen LogP contribution in [0, 0.1) is 15.9 Å². The summed E-state index contributed by atoms with van der Waals surface area (Å²) in [6.07, 6.45) is 4.73. The van der Waals surface area contributed by atoms with Gasteiger partial charge in [-0.1, -0.05) is 6.92 Å². The van der Waals surface area contributed by atoms with Gasteiger partial charge in [0.15, 0.2) is 0 Å². The van der Waals surface area contributed by atoms with Gasteiger partial charge in [0.1, 0.15) is 5.82 Å². The topological polar surface area (TPSA) is 60.1 Å². The van der Waals surface area contributed by atoms with Crippen LogP contribution in [0.2, 0.25) is 0 Å². The lowest BCUT2D eigenvalue weighted by Gasteiger charge is -2.11. The first kappa shape index (κ1) is 15.2. The Morgan fingerprint density at radius 3 is 2.81 bits per heavy atom. The van der Waals surface area contributed by atoms with Crippen molar-refractivity contribution in [1.82, 2.24) is 9.88 Å². The molecule has 0 aliphatic heterocycles. The van der Waals surface area contributed by atoms with Crippen molar-refractivity contribution in [1.29, 1.82) is 0 Å². The van der Waals surface area contributed by atoms with E-state index in [4.69, 9.17) is 0 Å². The summed E-state index contributed by atoms with van der Waals surface area (Å²) in [6.45, 7) is 2.35. The third kappa shape index (κ3) is 3.46. The number of aromatic nitrogens is 1. The lowest BCUT2D eigenvalue weighted by atomic mass is 10.1. The van der Waals surface area contributed by atoms with Crippen LogP contribution in [0.1, 0.15) is 30.5 Å². The number of benzene rings is 1. The third-order valence-electron chi connectivity index (χ3n) is 3.52. The van der Waals surface area contributed by atoms with Gasteiger partial charge in [0.2, 0.25) is 0 Å². The van der Waals surface area contributed by atoms with Gasteiger partial charge in [-0.3, -0.25) is 10.1 Å². The van der Waals surface area contributed by atoms with Crippen molar-refractivity contribution < 1.29 is 9.31 Å². The molecule has 2 aromatic rings. The molecule has 0 saturated carbocycles. The highest BCUT2D eigenvalue weighted by Crippen LogP contribution is 2.22. The Kier molecular flexibility index (Phi) is 4.70. The van der Waals surface area contributed by atoms with Crippen molar-refractivity contribution in [2.75, 3.05) is 7.05 Å². The van der Waals surface area contributed by atoms with E-state index in [0.717, 1.165) is 18.1 Å². The Morgan fingerprint density at radius 2 is 2.19 bits per heavy atom. The second kappa shape index (κ2) is 6.49. The fourth-order valence-electron chi connectivity index (χ4n) is 2.43. The average molecular weight is 291 g/mol. The fourth-order valence-corrected chi connectivity index (χ4v) is 2.43. The highest BCUT2D eigenvalue weighted by atomic mass is 19.1. The minimum absolute atomic E-state index is 0.0627. The smallest absolute Gasteiger partial charge is 0.274 e. The molecule has 6 heteroatoms. The number of nitrogens with one attached hydrogen (secondary N) is 1. The molecular weight excluding hydrogens is 273 g/mol. The first-order valence-electron chi connectivity index (χ1n) is 6.81. The second-order valence-electron chi connectivity index (χ2n) is 4.90. The van der Waals surface area contributed by atoms with Crippen LogP contribution in [0.15, 0.2) is 36.7 Å². The summed E-state index contributed by atoms with van der Waals surface area (Å²) >= 11 is 0. The summed E-state index contributed by atoms with van der Waals surface area (Å²) in [5.74, 6) is -0.468. The van der Waals surface area contributed by atoms with Gasteiger partial charge < -0.3 is 9.88 Å². The van der Waals surface area contributed by atoms with Gasteiger partial charge in [0, 0.05) is 24.5 Å². The van der Waals surface area contributed by atoms with Crippen LogP contribution in [0.3, 0.4) is 0 Å². The molecule has 21 heavy (non-hydrogen) atoms. The molecule has 1 N–H and O–H groups in total. The van der Waals surface area contributed by atoms with E-state index in [1.54, 1.807) is 0 Å². The quantitative estimate of drug-likeness (QED) is 0.656. The summed E-state index contributed by atoms with van der Waals surface area (Å²) < 4.78 is 15.1. The molecule has 1 aromatic heterocycles. The van der Waals surface area contributed by atoms with Gasteiger partial charge in [0.05, 0.1) is 17.0 Å². The lowest BCUT2D eigenvalue weighted by molar-refractivity contribution is -0.385. The minimum Gasteiger partial charge on any atom is -0.349 e. The van der Waals surface area contributed by atoms with Gasteiger partial charge in [0.25, 0.3) is 5.69 Å². The summed E-state index contributed by atoms with van der Waals surface area (Å²) in [6, 6.07) is 5.74. The number of rotatable bonds is 6. The number of nitro groups is 1. The van der Waals surface area contributed by atoms with Gasteiger partial charge in [-0.15, -0.1) is 0 Å². The number of halogens is 1. The van der Waals surface area contributed by atoms with E-state index in [1.165, 1.54) is 12.1 Å². The SMILES string of the molecule is CCC(NC)c1ccn(Cc2cc(F)ccc2[N+](=O)[O-])c1. The van der Waals surface area contributed by atoms with E-state index in [9.17, 15) is 14.5 Å². The van der Waals surface area contributed by atoms with Crippen LogP contribution in [-0.2, 0) is 6.54 Å². The normalized spacial score (nSPS) is 12.3. The molecule has 2 rings (SSSR count). The van der Waals surface area contributed by atoms with Crippen molar-refractivity contribution in [3.05, 3.63) is 63.7 Å². The van der Waals surface area contributed by atoms with Gasteiger partial charge in [-0.2, -0.15) is 0 Å². The molecule has 0 aliphatic rings. The summed E-state index contributed by atoms with van der Waals surface area (Å²) in [4.78, 5) is 10.5. The predicted molar refractivity (Wildman–Crippen MR) is 78.7 cm³/mol. The van der Waals surface area contributed by atoms with Crippen LogP contribution >= 0.6 is 0 Å². The van der Waals surface area contributed by atoms with Crippen LogP contribution in [0.4, 0.5) is 10.1 Å². The lowest BCUT2D eigenvalue weighted by Crippen LogP contribution is -2.14. The largest absolute Gasteiger partial charge is 0.349 e. The molecule has 0 saturated heterocycles. The number of nitrogens with zero attached hydrogens (tertiary/aromatic N) is 2. The van der Waals surface area contributed by atoms with Gasteiger partial charge >= 0.3 is 0 Å². The van der Waals surface area contributed by atoms with Crippen LogP contribution in [-0.4, -0.2) is 16.5 Å². The van der Waals surface area contributed by atoms with Gasteiger partial charge in [-0.05, 0) is 37.2 Å². The monoisotopic (exact) mass is 291 g/mol. The minimum atomic E-state index is -0.484. The Bertz CT molecular complexity index is 636. The predicted octanol–water partition coefficient (Wildman–Crippen LogP) is 3.25. The van der Waals surface area contributed by atoms with E-state index in [2.05, 4.69) is 12.2 Å². The maximum Gasteiger partial charge on any atom is 0.274 e. The van der Waals surface area contributed by atoms with Crippen LogP contribution in [0.25, 0.3) is 0 Å². The molecule has 0 fully saturated rings. The van der Waals surface area contributed by atoms with Crippen molar-refractivity contribution in [3.8, 4) is 0 Å². The Balaban J connectivity index is 2.26. The molecule has 0 aliphatic carbocycles. The Hall–Kier alpha value is -2.21. The first-order chi connectivity index (χ1) is 10.0. The van der Waals surface area contributed by atoms with E-state index >= 15 is 0 Å². The molecule has 1 atom stereocenters. The zero-order chi connectivity index (χ0) is 15.4. The highest BCUT2D eigenvalue weighted by Gasteiger charge is 2.15. The van der Waals surface area contributed by atoms with Crippen molar-refractivity contribution in [2.24, 2.45) is 0 Å². The molecular formula is C15H18FN3O2. The molecule has 0 amide bonds. The van der Waals surface area contributed by atoms with Crippen LogP contribution < -0.4 is 5.32 Å². The summed E-state index contributed by atoms with van der Waals surface area (Å²) in [5.41, 5.74) is 1.41. The average Bonchev–Trinajstić information content (AvgIpc) is 2.88. The molecule has 1 unspecified atom stereocenters. The molecule has 0 spiro atoms.